The summed E-state index contributed by atoms with van der Waals surface area (Å²) in [6, 6.07) is 5.72. The summed E-state index contributed by atoms with van der Waals surface area (Å²) in [5, 5.41) is 0. The van der Waals surface area contributed by atoms with E-state index >= 15 is 0 Å². The Labute approximate surface area is 151 Å². The van der Waals surface area contributed by atoms with E-state index in [1.54, 1.807) is 25.7 Å². The third-order valence-corrected chi connectivity index (χ3v) is 12.3. The summed E-state index contributed by atoms with van der Waals surface area (Å²) in [5.74, 6) is 0. The van der Waals surface area contributed by atoms with Crippen LogP contribution in [0.1, 0.15) is 59.3 Å². The van der Waals surface area contributed by atoms with E-state index in [1.807, 2.05) is 18.2 Å². The Morgan fingerprint density at radius 2 is 1.17 bits per heavy atom. The Morgan fingerprint density at radius 3 is 1.35 bits per heavy atom. The molecule has 0 saturated heterocycles. The summed E-state index contributed by atoms with van der Waals surface area (Å²) >= 11 is -0.839. The van der Waals surface area contributed by atoms with Gasteiger partial charge in [0.2, 0.25) is 0 Å². The summed E-state index contributed by atoms with van der Waals surface area (Å²) in [7, 11) is -2.86. The Morgan fingerprint density at radius 1 is 0.826 bits per heavy atom. The van der Waals surface area contributed by atoms with Crippen LogP contribution >= 0.6 is 0 Å². The molecule has 1 aromatic rings. The van der Waals surface area contributed by atoms with Crippen LogP contribution in [0.2, 0.25) is 13.3 Å². The molecule has 0 atom stereocenters. The molecule has 0 radical (unpaired) electrons. The molecule has 0 aliphatic rings. The largest absolute Gasteiger partial charge is 0.439 e. The van der Waals surface area contributed by atoms with Crippen molar-refractivity contribution in [2.45, 2.75) is 72.6 Å². The first-order chi connectivity index (χ1) is 11.1. The van der Waals surface area contributed by atoms with Gasteiger partial charge in [-0.3, -0.25) is 4.98 Å². The number of pyridine rings is 1. The molecular weight excluding hydrogens is 417 g/mol. The van der Waals surface area contributed by atoms with Crippen LogP contribution in [-0.2, 0) is 19.4 Å². The van der Waals surface area contributed by atoms with Gasteiger partial charge in [-0.2, -0.15) is 0 Å². The normalized spacial score (nSPS) is 9.43. The molecule has 0 aliphatic carbocycles. The van der Waals surface area contributed by atoms with Crippen LogP contribution in [-0.4, -0.2) is 29.3 Å². The maximum Gasteiger partial charge on any atom is 0.0495 e. The Bertz CT molecular complexity index is 335. The molecule has 0 aromatic carbocycles. The fraction of sp³-hybridized carbons (Fsp3) is 0.706. The van der Waals surface area contributed by atoms with Crippen LogP contribution in [0.4, 0.5) is 0 Å². The van der Waals surface area contributed by atoms with E-state index in [2.05, 4.69) is 25.8 Å². The molecule has 0 aliphatic heterocycles. The first kappa shape index (κ1) is 25.1. The van der Waals surface area contributed by atoms with Gasteiger partial charge in [-0.1, -0.05) is 6.07 Å². The number of aromatic nitrogens is 1. The van der Waals surface area contributed by atoms with Gasteiger partial charge in [0.05, 0.1) is 0 Å². The fourth-order valence-corrected chi connectivity index (χ4v) is 11.4. The minimum atomic E-state index is -2.86. The van der Waals surface area contributed by atoms with Crippen molar-refractivity contribution >= 4 is 30.7 Å². The van der Waals surface area contributed by atoms with E-state index in [4.69, 9.17) is 13.0 Å². The monoisotopic (exact) mass is 451 g/mol. The number of hydrogen-bond acceptors (Lipinski definition) is 4. The van der Waals surface area contributed by atoms with E-state index in [1.165, 1.54) is 38.5 Å². The van der Waals surface area contributed by atoms with Crippen molar-refractivity contribution in [3.05, 3.63) is 30.6 Å². The molecule has 0 saturated carbocycles. The van der Waals surface area contributed by atoms with Gasteiger partial charge < -0.3 is 13.0 Å². The molecule has 23 heavy (non-hydrogen) atoms. The van der Waals surface area contributed by atoms with Crippen molar-refractivity contribution in [2.75, 3.05) is 0 Å². The average Bonchev–Trinajstić information content (AvgIpc) is 2.56. The fourth-order valence-electron chi connectivity index (χ4n) is 1.97. The van der Waals surface area contributed by atoms with Crippen molar-refractivity contribution in [2.24, 2.45) is 0 Å². The van der Waals surface area contributed by atoms with Crippen LogP contribution in [0, 0.1) is 0 Å². The van der Waals surface area contributed by atoms with E-state index in [9.17, 15) is 0 Å². The molecule has 6 heteroatoms. The topological polar surface area (TPSA) is 67.3 Å². The van der Waals surface area contributed by atoms with Crippen LogP contribution in [0.25, 0.3) is 0 Å². The van der Waals surface area contributed by atoms with Gasteiger partial charge in [-0.15, -0.1) is 0 Å². The maximum absolute atomic E-state index is 8.56. The first-order valence-electron chi connectivity index (χ1n) is 8.55. The van der Waals surface area contributed by atoms with Gasteiger partial charge in [0.25, 0.3) is 0 Å². The molecule has 1 aromatic heterocycles. The quantitative estimate of drug-likeness (QED) is 0.226. The van der Waals surface area contributed by atoms with Crippen LogP contribution < -0.4 is 0 Å². The first-order valence-corrected chi connectivity index (χ1v) is 15.6. The van der Waals surface area contributed by atoms with Crippen molar-refractivity contribution < 1.29 is 13.0 Å². The van der Waals surface area contributed by atoms with Crippen molar-refractivity contribution in [3.8, 4) is 0 Å². The maximum atomic E-state index is 8.56. The Kier molecular flexibility index (Phi) is 23.9. The van der Waals surface area contributed by atoms with E-state index in [0.717, 1.165) is 0 Å². The molecule has 4 nitrogen and oxygen atoms in total. The zero-order chi connectivity index (χ0) is 17.8. The zero-order valence-electron chi connectivity index (χ0n) is 14.9. The summed E-state index contributed by atoms with van der Waals surface area (Å²) in [5.41, 5.74) is 0. The molecule has 1 N–H and O–H groups in total. The van der Waals surface area contributed by atoms with Crippen LogP contribution in [0.15, 0.2) is 30.6 Å². The smallest absolute Gasteiger partial charge is 0.0495 e. The number of rotatable bonds is 9. The SMILES string of the molecule is CCC[CH2][Sn+]([CH2]CCC)[CH2]CCC.O=[S-](=O)O.c1ccncc1. The molecule has 1 rings (SSSR count). The minimum absolute atomic E-state index is 0.839. The molecule has 0 spiro atoms. The molecular formula is C17H33NO3SSn. The van der Waals surface area contributed by atoms with Gasteiger partial charge in [0.15, 0.2) is 0 Å². The molecule has 0 amide bonds. The Balaban J connectivity index is 0. The second-order valence-corrected chi connectivity index (χ2v) is 14.3. The predicted molar refractivity (Wildman–Crippen MR) is 101 cm³/mol. The standard InChI is InChI=1S/C5H5N.3C4H9.HO3S.Sn/c1-2-4-6-5-3-1;3*1-3-4-2;1-4(2)3;/h1-5H;3*1,3-4H2,2H3;(H,1,2,3);/q;;;;-1;+1. The van der Waals surface area contributed by atoms with Crippen molar-refractivity contribution in [3.63, 3.8) is 0 Å². The second kappa shape index (κ2) is 21.9. The summed E-state index contributed by atoms with van der Waals surface area (Å²) < 4.78 is 29.1. The average molecular weight is 450 g/mol. The van der Waals surface area contributed by atoms with Gasteiger partial charge in [0, 0.05) is 23.4 Å². The molecule has 1 heterocycles. The van der Waals surface area contributed by atoms with Gasteiger partial charge >= 0.3 is 92.4 Å². The Hall–Kier alpha value is -0.141. The van der Waals surface area contributed by atoms with Crippen molar-refractivity contribution in [1.82, 2.24) is 4.98 Å². The molecule has 0 fully saturated rings. The summed E-state index contributed by atoms with van der Waals surface area (Å²) in [6.07, 6.45) is 12.3. The predicted octanol–water partition coefficient (Wildman–Crippen LogP) is 5.73. The van der Waals surface area contributed by atoms with Gasteiger partial charge in [-0.25, -0.2) is 0 Å². The molecule has 0 bridgehead atoms. The van der Waals surface area contributed by atoms with Crippen LogP contribution in [0.3, 0.4) is 0 Å². The third kappa shape index (κ3) is 27.0. The van der Waals surface area contributed by atoms with E-state index in [0.29, 0.717) is 0 Å². The summed E-state index contributed by atoms with van der Waals surface area (Å²) in [4.78, 5) is 3.78. The second-order valence-electron chi connectivity index (χ2n) is 5.30. The van der Waals surface area contributed by atoms with Gasteiger partial charge in [0.1, 0.15) is 0 Å². The number of unbranched alkanes of at least 4 members (excludes halogenated alkanes) is 3. The molecule has 0 unspecified atom stereocenters. The zero-order valence-corrected chi connectivity index (χ0v) is 18.5. The summed E-state index contributed by atoms with van der Waals surface area (Å²) in [6.45, 7) is 7.00. The third-order valence-electron chi connectivity index (χ3n) is 3.22. The van der Waals surface area contributed by atoms with Gasteiger partial charge in [-0.05, 0) is 12.1 Å². The van der Waals surface area contributed by atoms with Crippen molar-refractivity contribution in [1.29, 1.82) is 0 Å². The van der Waals surface area contributed by atoms with E-state index in [-0.39, 0.29) is 0 Å². The minimum Gasteiger partial charge on any atom is -0.439 e. The van der Waals surface area contributed by atoms with E-state index < -0.39 is 30.7 Å². The van der Waals surface area contributed by atoms with Crippen LogP contribution in [0.5, 0.6) is 0 Å². The number of nitrogens with zero attached hydrogens (tertiary/aromatic N) is 1. The molecule has 134 valence electrons. The number of hydrogen-bond donors (Lipinski definition) is 1.